The molecule has 1 atom stereocenters. The molecule has 19 heavy (non-hydrogen) atoms. The molecular formula is C12H21FN2O4. The zero-order chi connectivity index (χ0) is 14.6. The number of ether oxygens (including phenoxy) is 1. The number of hydrogen-bond acceptors (Lipinski definition) is 3. The maximum Gasteiger partial charge on any atom is 0.410 e. The molecule has 0 aromatic rings. The van der Waals surface area contributed by atoms with E-state index in [4.69, 9.17) is 9.84 Å². The van der Waals surface area contributed by atoms with E-state index in [9.17, 15) is 14.0 Å². The number of rotatable bonds is 3. The summed E-state index contributed by atoms with van der Waals surface area (Å²) in [6, 6.07) is -0.318. The smallest absolute Gasteiger partial charge is 0.410 e. The second kappa shape index (κ2) is 6.08. The fraction of sp³-hybridized carbons (Fsp3) is 0.833. The van der Waals surface area contributed by atoms with Gasteiger partial charge in [-0.2, -0.15) is 0 Å². The minimum Gasteiger partial charge on any atom is -0.465 e. The maximum atomic E-state index is 12.6. The van der Waals surface area contributed by atoms with Crippen molar-refractivity contribution < 1.29 is 23.8 Å². The number of halogens is 1. The Morgan fingerprint density at radius 2 is 2.11 bits per heavy atom. The van der Waals surface area contributed by atoms with E-state index in [0.717, 1.165) is 0 Å². The number of nitrogens with zero attached hydrogens (tertiary/aromatic N) is 2. The van der Waals surface area contributed by atoms with Gasteiger partial charge in [-0.1, -0.05) is 0 Å². The predicted molar refractivity (Wildman–Crippen MR) is 66.9 cm³/mol. The summed E-state index contributed by atoms with van der Waals surface area (Å²) in [5, 5.41) is 8.88. The van der Waals surface area contributed by atoms with Crippen molar-refractivity contribution in [1.29, 1.82) is 0 Å². The van der Waals surface area contributed by atoms with Crippen LogP contribution in [0.15, 0.2) is 0 Å². The Hall–Kier alpha value is -1.53. The molecule has 1 aliphatic heterocycles. The van der Waals surface area contributed by atoms with Crippen molar-refractivity contribution in [1.82, 2.24) is 9.80 Å². The lowest BCUT2D eigenvalue weighted by Crippen LogP contribution is -2.46. The number of alkyl halides is 1. The van der Waals surface area contributed by atoms with Crippen LogP contribution in [-0.4, -0.2) is 65.0 Å². The molecule has 0 aromatic heterocycles. The van der Waals surface area contributed by atoms with Gasteiger partial charge in [0.2, 0.25) is 0 Å². The Bertz CT molecular complexity index is 343. The normalized spacial score (nSPS) is 19.4. The fourth-order valence-corrected chi connectivity index (χ4v) is 2.00. The van der Waals surface area contributed by atoms with Gasteiger partial charge in [0.1, 0.15) is 12.3 Å². The van der Waals surface area contributed by atoms with Gasteiger partial charge in [0.15, 0.2) is 0 Å². The van der Waals surface area contributed by atoms with E-state index in [1.807, 2.05) is 0 Å². The van der Waals surface area contributed by atoms with Gasteiger partial charge in [-0.15, -0.1) is 0 Å². The second-order valence-electron chi connectivity index (χ2n) is 5.53. The van der Waals surface area contributed by atoms with Crippen LogP contribution < -0.4 is 0 Å². The minimum atomic E-state index is -1.02. The largest absolute Gasteiger partial charge is 0.465 e. The highest BCUT2D eigenvalue weighted by molar-refractivity contribution is 5.69. The van der Waals surface area contributed by atoms with Crippen molar-refractivity contribution in [3.05, 3.63) is 0 Å². The molecule has 0 radical (unpaired) electrons. The zero-order valence-corrected chi connectivity index (χ0v) is 11.6. The molecule has 1 aliphatic rings. The molecule has 2 amide bonds. The Morgan fingerprint density at radius 1 is 1.47 bits per heavy atom. The number of hydrogen-bond donors (Lipinski definition) is 1. The Morgan fingerprint density at radius 3 is 2.53 bits per heavy atom. The zero-order valence-electron chi connectivity index (χ0n) is 11.6. The molecule has 1 heterocycles. The van der Waals surface area contributed by atoms with E-state index in [1.54, 1.807) is 20.8 Å². The molecule has 0 aromatic carbocycles. The molecular weight excluding hydrogens is 255 g/mol. The fourth-order valence-electron chi connectivity index (χ4n) is 2.00. The Balaban J connectivity index is 2.68. The van der Waals surface area contributed by atoms with Crippen molar-refractivity contribution in [3.8, 4) is 0 Å². The number of carbonyl (C=O) groups excluding carboxylic acids is 1. The molecule has 7 heteroatoms. The first-order valence-electron chi connectivity index (χ1n) is 6.28. The van der Waals surface area contributed by atoms with Crippen LogP contribution in [0.4, 0.5) is 14.0 Å². The van der Waals surface area contributed by atoms with Crippen molar-refractivity contribution in [3.63, 3.8) is 0 Å². The van der Waals surface area contributed by atoms with Gasteiger partial charge in [-0.3, -0.25) is 0 Å². The van der Waals surface area contributed by atoms with Crippen molar-refractivity contribution in [2.24, 2.45) is 0 Å². The molecule has 1 N–H and O–H groups in total. The van der Waals surface area contributed by atoms with Gasteiger partial charge < -0.3 is 19.6 Å². The number of likely N-dealkylation sites (tertiary alicyclic amines) is 1. The third-order valence-corrected chi connectivity index (χ3v) is 2.83. The van der Waals surface area contributed by atoms with Crippen LogP contribution in [0.1, 0.15) is 27.2 Å². The van der Waals surface area contributed by atoms with E-state index in [1.165, 1.54) is 9.80 Å². The first-order valence-corrected chi connectivity index (χ1v) is 6.28. The lowest BCUT2D eigenvalue weighted by atomic mass is 10.2. The maximum absolute atomic E-state index is 12.6. The quantitative estimate of drug-likeness (QED) is 0.855. The summed E-state index contributed by atoms with van der Waals surface area (Å²) in [4.78, 5) is 25.3. The van der Waals surface area contributed by atoms with E-state index in [0.29, 0.717) is 13.0 Å². The van der Waals surface area contributed by atoms with Crippen LogP contribution >= 0.6 is 0 Å². The van der Waals surface area contributed by atoms with Gasteiger partial charge in [-0.05, 0) is 27.2 Å². The highest BCUT2D eigenvalue weighted by atomic mass is 19.1. The van der Waals surface area contributed by atoms with E-state index in [2.05, 4.69) is 0 Å². The summed E-state index contributed by atoms with van der Waals surface area (Å²) in [5.74, 6) is 0. The van der Waals surface area contributed by atoms with Gasteiger partial charge in [0, 0.05) is 13.1 Å². The van der Waals surface area contributed by atoms with E-state index >= 15 is 0 Å². The van der Waals surface area contributed by atoms with Crippen LogP contribution in [-0.2, 0) is 4.74 Å². The van der Waals surface area contributed by atoms with Crippen molar-refractivity contribution in [2.75, 3.05) is 26.3 Å². The van der Waals surface area contributed by atoms with Gasteiger partial charge in [-0.25, -0.2) is 14.0 Å². The summed E-state index contributed by atoms with van der Waals surface area (Å²) in [6.45, 7) is 5.00. The first-order chi connectivity index (χ1) is 8.74. The van der Waals surface area contributed by atoms with Crippen LogP contribution in [0.2, 0.25) is 0 Å². The molecule has 0 bridgehead atoms. The van der Waals surface area contributed by atoms with Crippen LogP contribution in [0.3, 0.4) is 0 Å². The summed E-state index contributed by atoms with van der Waals surface area (Å²) < 4.78 is 17.8. The molecule has 1 saturated heterocycles. The van der Waals surface area contributed by atoms with Crippen LogP contribution in [0.25, 0.3) is 0 Å². The summed E-state index contributed by atoms with van der Waals surface area (Å²) in [7, 11) is 0. The topological polar surface area (TPSA) is 70.1 Å². The van der Waals surface area contributed by atoms with Crippen molar-refractivity contribution in [2.45, 2.75) is 38.8 Å². The summed E-state index contributed by atoms with van der Waals surface area (Å²) in [6.07, 6.45) is -1.11. The molecule has 6 nitrogen and oxygen atoms in total. The average molecular weight is 276 g/mol. The number of carboxylic acid groups (broad SMARTS) is 1. The van der Waals surface area contributed by atoms with Crippen molar-refractivity contribution >= 4 is 12.2 Å². The predicted octanol–water partition coefficient (Wildman–Crippen LogP) is 1.95. The SMILES string of the molecule is CC(C)(C)OC(=O)N(CCF)[C@@H]1CCN(C(=O)O)C1. The molecule has 0 aliphatic carbocycles. The highest BCUT2D eigenvalue weighted by Gasteiger charge is 2.34. The van der Waals surface area contributed by atoms with E-state index in [-0.39, 0.29) is 19.1 Å². The van der Waals surface area contributed by atoms with Crippen LogP contribution in [0.5, 0.6) is 0 Å². The molecule has 110 valence electrons. The lowest BCUT2D eigenvalue weighted by Gasteiger charge is -2.30. The monoisotopic (exact) mass is 276 g/mol. The lowest BCUT2D eigenvalue weighted by molar-refractivity contribution is 0.0154. The molecule has 0 saturated carbocycles. The van der Waals surface area contributed by atoms with Gasteiger partial charge >= 0.3 is 12.2 Å². The molecule has 0 unspecified atom stereocenters. The third kappa shape index (κ3) is 4.57. The Kier molecular flexibility index (Phi) is 4.97. The minimum absolute atomic E-state index is 0.0764. The number of amides is 2. The molecule has 0 spiro atoms. The molecule has 1 rings (SSSR count). The first kappa shape index (κ1) is 15.5. The summed E-state index contributed by atoms with van der Waals surface area (Å²) >= 11 is 0. The third-order valence-electron chi connectivity index (χ3n) is 2.83. The molecule has 1 fully saturated rings. The van der Waals surface area contributed by atoms with E-state index < -0.39 is 24.5 Å². The number of carbonyl (C=O) groups is 2. The van der Waals surface area contributed by atoms with Gasteiger partial charge in [0.05, 0.1) is 12.6 Å². The standard InChI is InChI=1S/C12H21FN2O4/c1-12(2,3)19-11(18)15(7-5-13)9-4-6-14(8-9)10(16)17/h9H,4-8H2,1-3H3,(H,16,17)/t9-/m1/s1. The second-order valence-corrected chi connectivity index (χ2v) is 5.53. The average Bonchev–Trinajstić information content (AvgIpc) is 2.72. The van der Waals surface area contributed by atoms with Crippen LogP contribution in [0, 0.1) is 0 Å². The summed E-state index contributed by atoms with van der Waals surface area (Å²) in [5.41, 5.74) is -0.656. The Labute approximate surface area is 112 Å². The highest BCUT2D eigenvalue weighted by Crippen LogP contribution is 2.19. The van der Waals surface area contributed by atoms with Gasteiger partial charge in [0.25, 0.3) is 0 Å².